The van der Waals surface area contributed by atoms with Crippen molar-refractivity contribution in [1.29, 1.82) is 0 Å². The van der Waals surface area contributed by atoms with Crippen molar-refractivity contribution in [2.24, 2.45) is 7.05 Å². The van der Waals surface area contributed by atoms with E-state index in [-0.39, 0.29) is 11.2 Å². The molecule has 5 rings (SSSR count). The Morgan fingerprint density at radius 3 is 2.31 bits per heavy atom. The monoisotopic (exact) mass is 476 g/mol. The van der Waals surface area contributed by atoms with Gasteiger partial charge in [-0.1, -0.05) is 52.8 Å². The van der Waals surface area contributed by atoms with Gasteiger partial charge >= 0.3 is 0 Å². The average Bonchev–Trinajstić information content (AvgIpc) is 3.20. The number of nitrogens with zero attached hydrogens (tertiary/aromatic N) is 4. The van der Waals surface area contributed by atoms with Gasteiger partial charge in [0.15, 0.2) is 5.65 Å². The number of hydrogen-bond acceptors (Lipinski definition) is 4. The predicted octanol–water partition coefficient (Wildman–Crippen LogP) is 7.49. The molecule has 3 aromatic heterocycles. The van der Waals surface area contributed by atoms with E-state index in [1.165, 1.54) is 5.56 Å². The van der Waals surface area contributed by atoms with Crippen LogP contribution < -0.4 is 0 Å². The fraction of sp³-hybridized carbons (Fsp3) is 0.258. The van der Waals surface area contributed by atoms with Crippen molar-refractivity contribution in [3.05, 3.63) is 84.2 Å². The third-order valence-corrected chi connectivity index (χ3v) is 6.76. The standard InChI is InChI=1S/C31H32N4O/c1-19(2)20-15-21(17-22(16-20)26-9-7-8-13-32-26)24-12-14-33-30-28(24)34-29(35(30)6)25-18-23(31(3,4)5)10-11-27(25)36/h7-19,36H,1-6H3. The van der Waals surface area contributed by atoms with Gasteiger partial charge in [-0.05, 0) is 70.5 Å². The van der Waals surface area contributed by atoms with Crippen molar-refractivity contribution in [2.45, 2.75) is 46.0 Å². The molecule has 0 radical (unpaired) electrons. The van der Waals surface area contributed by atoms with Crippen LogP contribution in [0.4, 0.5) is 0 Å². The van der Waals surface area contributed by atoms with Crippen LogP contribution >= 0.6 is 0 Å². The summed E-state index contributed by atoms with van der Waals surface area (Å²) in [6.07, 6.45) is 3.65. The number of aromatic nitrogens is 4. The molecule has 0 atom stereocenters. The molecule has 0 aliphatic rings. The van der Waals surface area contributed by atoms with Gasteiger partial charge in [0.1, 0.15) is 17.1 Å². The first-order valence-electron chi connectivity index (χ1n) is 12.4. The quantitative estimate of drug-likeness (QED) is 0.292. The molecule has 0 amide bonds. The lowest BCUT2D eigenvalue weighted by atomic mass is 9.86. The molecule has 5 aromatic rings. The van der Waals surface area contributed by atoms with E-state index in [1.54, 1.807) is 6.07 Å². The number of aromatic hydroxyl groups is 1. The summed E-state index contributed by atoms with van der Waals surface area (Å²) in [7, 11) is 1.95. The fourth-order valence-electron chi connectivity index (χ4n) is 4.56. The fourth-order valence-corrected chi connectivity index (χ4v) is 4.56. The first-order valence-corrected chi connectivity index (χ1v) is 12.4. The van der Waals surface area contributed by atoms with Gasteiger partial charge in [0.05, 0.1) is 11.3 Å². The van der Waals surface area contributed by atoms with Crippen LogP contribution in [0.3, 0.4) is 0 Å². The van der Waals surface area contributed by atoms with Gasteiger partial charge in [-0.15, -0.1) is 0 Å². The van der Waals surface area contributed by atoms with Gasteiger partial charge in [0.25, 0.3) is 0 Å². The van der Waals surface area contributed by atoms with E-state index in [4.69, 9.17) is 4.98 Å². The van der Waals surface area contributed by atoms with Crippen LogP contribution in [0.2, 0.25) is 0 Å². The Labute approximate surface area is 212 Å². The lowest BCUT2D eigenvalue weighted by molar-refractivity contribution is 0.475. The van der Waals surface area contributed by atoms with Gasteiger partial charge in [-0.25, -0.2) is 9.97 Å². The Bertz CT molecular complexity index is 1560. The van der Waals surface area contributed by atoms with Crippen LogP contribution in [-0.2, 0) is 12.5 Å². The summed E-state index contributed by atoms with van der Waals surface area (Å²) in [5.41, 5.74) is 8.73. The molecule has 0 aliphatic carbocycles. The molecule has 5 nitrogen and oxygen atoms in total. The lowest BCUT2D eigenvalue weighted by Crippen LogP contribution is -2.11. The molecule has 3 heterocycles. The minimum atomic E-state index is -0.0460. The highest BCUT2D eigenvalue weighted by Gasteiger charge is 2.21. The summed E-state index contributed by atoms with van der Waals surface area (Å²) in [6.45, 7) is 10.9. The van der Waals surface area contributed by atoms with Crippen LogP contribution in [0.25, 0.3) is 44.9 Å². The number of rotatable bonds is 4. The Balaban J connectivity index is 1.72. The summed E-state index contributed by atoms with van der Waals surface area (Å²) in [4.78, 5) is 14.3. The van der Waals surface area contributed by atoms with E-state index in [1.807, 2.05) is 60.4 Å². The Kier molecular flexibility index (Phi) is 5.87. The lowest BCUT2D eigenvalue weighted by Gasteiger charge is -2.20. The summed E-state index contributed by atoms with van der Waals surface area (Å²) in [5.74, 6) is 1.27. The smallest absolute Gasteiger partial charge is 0.160 e. The van der Waals surface area contributed by atoms with Gasteiger partial charge < -0.3 is 9.67 Å². The molecule has 36 heavy (non-hydrogen) atoms. The van der Waals surface area contributed by atoms with Gasteiger partial charge in [0, 0.05) is 30.6 Å². The normalized spacial score (nSPS) is 12.0. The zero-order valence-corrected chi connectivity index (χ0v) is 21.7. The van der Waals surface area contributed by atoms with Gasteiger partial charge in [0.2, 0.25) is 0 Å². The first-order chi connectivity index (χ1) is 17.1. The topological polar surface area (TPSA) is 63.8 Å². The van der Waals surface area contributed by atoms with E-state index in [0.717, 1.165) is 39.1 Å². The molecule has 0 saturated carbocycles. The van der Waals surface area contributed by atoms with E-state index < -0.39 is 0 Å². The maximum atomic E-state index is 10.8. The van der Waals surface area contributed by atoms with Crippen LogP contribution in [0.1, 0.15) is 51.7 Å². The van der Waals surface area contributed by atoms with Crippen LogP contribution in [-0.4, -0.2) is 24.6 Å². The van der Waals surface area contributed by atoms with Crippen LogP contribution in [0, 0.1) is 0 Å². The summed E-state index contributed by atoms with van der Waals surface area (Å²) >= 11 is 0. The number of imidazole rings is 1. The zero-order chi connectivity index (χ0) is 25.6. The molecule has 0 unspecified atom stereocenters. The predicted molar refractivity (Wildman–Crippen MR) is 147 cm³/mol. The Hall–Kier alpha value is -3.99. The summed E-state index contributed by atoms with van der Waals surface area (Å²) in [5, 5.41) is 10.8. The summed E-state index contributed by atoms with van der Waals surface area (Å²) in [6, 6.07) is 20.4. The van der Waals surface area contributed by atoms with Crippen molar-refractivity contribution < 1.29 is 5.11 Å². The van der Waals surface area contributed by atoms with E-state index in [9.17, 15) is 5.11 Å². The molecule has 182 valence electrons. The maximum absolute atomic E-state index is 10.8. The maximum Gasteiger partial charge on any atom is 0.160 e. The number of phenolic OH excluding ortho intramolecular Hbond substituents is 1. The molecule has 0 fully saturated rings. The molecule has 0 aliphatic heterocycles. The number of fused-ring (bicyclic) bond motifs is 1. The molecular weight excluding hydrogens is 444 g/mol. The third kappa shape index (κ3) is 4.26. The van der Waals surface area contributed by atoms with Gasteiger partial charge in [-0.2, -0.15) is 0 Å². The second-order valence-electron chi connectivity index (χ2n) is 10.7. The Morgan fingerprint density at radius 2 is 1.61 bits per heavy atom. The van der Waals surface area contributed by atoms with Crippen molar-refractivity contribution in [3.63, 3.8) is 0 Å². The van der Waals surface area contributed by atoms with Crippen LogP contribution in [0.5, 0.6) is 5.75 Å². The number of hydrogen-bond donors (Lipinski definition) is 1. The number of pyridine rings is 2. The Morgan fingerprint density at radius 1 is 0.833 bits per heavy atom. The molecule has 2 aromatic carbocycles. The molecular formula is C31H32N4O. The highest BCUT2D eigenvalue weighted by Crippen LogP contribution is 2.38. The minimum Gasteiger partial charge on any atom is -0.507 e. The van der Waals surface area contributed by atoms with Gasteiger partial charge in [-0.3, -0.25) is 4.98 Å². The number of benzene rings is 2. The molecule has 0 bridgehead atoms. The minimum absolute atomic E-state index is 0.0460. The second kappa shape index (κ2) is 8.90. The van der Waals surface area contributed by atoms with E-state index >= 15 is 0 Å². The molecule has 5 heteroatoms. The van der Waals surface area contributed by atoms with Crippen molar-refractivity contribution in [1.82, 2.24) is 19.5 Å². The second-order valence-corrected chi connectivity index (χ2v) is 10.7. The van der Waals surface area contributed by atoms with E-state index in [2.05, 4.69) is 62.8 Å². The molecule has 0 spiro atoms. The number of aryl methyl sites for hydroxylation is 1. The number of phenols is 1. The highest BCUT2D eigenvalue weighted by molar-refractivity contribution is 5.93. The largest absolute Gasteiger partial charge is 0.507 e. The van der Waals surface area contributed by atoms with Crippen LogP contribution in [0.15, 0.2) is 73.1 Å². The SMILES string of the molecule is CC(C)c1cc(-c2ccccn2)cc(-c2ccnc3c2nc(-c2cc(C(C)(C)C)ccc2O)n3C)c1. The highest BCUT2D eigenvalue weighted by atomic mass is 16.3. The third-order valence-electron chi connectivity index (χ3n) is 6.76. The first kappa shape index (κ1) is 23.7. The summed E-state index contributed by atoms with van der Waals surface area (Å²) < 4.78 is 1.96. The zero-order valence-electron chi connectivity index (χ0n) is 21.7. The van der Waals surface area contributed by atoms with Crippen molar-refractivity contribution >= 4 is 11.2 Å². The molecule has 1 N–H and O–H groups in total. The average molecular weight is 477 g/mol. The van der Waals surface area contributed by atoms with E-state index in [0.29, 0.717) is 17.3 Å². The molecule has 0 saturated heterocycles. The van der Waals surface area contributed by atoms with Crippen molar-refractivity contribution in [3.8, 4) is 39.5 Å². The van der Waals surface area contributed by atoms with Crippen molar-refractivity contribution in [2.75, 3.05) is 0 Å².